The van der Waals surface area contributed by atoms with Crippen LogP contribution in [0.4, 0.5) is 0 Å². The van der Waals surface area contributed by atoms with E-state index in [0.29, 0.717) is 9.90 Å². The molecule has 20 heavy (non-hydrogen) atoms. The largest absolute Gasteiger partial charge is 0.280 e. The van der Waals surface area contributed by atoms with Crippen molar-refractivity contribution in [2.24, 2.45) is 0 Å². The molecule has 0 saturated carbocycles. The van der Waals surface area contributed by atoms with E-state index in [-0.39, 0.29) is 5.52 Å². The van der Waals surface area contributed by atoms with E-state index in [1.165, 1.54) is 11.3 Å². The summed E-state index contributed by atoms with van der Waals surface area (Å²) in [6.07, 6.45) is 0. The molecule has 0 aliphatic rings. The summed E-state index contributed by atoms with van der Waals surface area (Å²) >= 11 is 7.14. The second-order valence-electron chi connectivity index (χ2n) is 4.14. The van der Waals surface area contributed by atoms with E-state index in [9.17, 15) is 9.36 Å². The van der Waals surface area contributed by atoms with Crippen molar-refractivity contribution in [3.05, 3.63) is 34.4 Å². The van der Waals surface area contributed by atoms with Crippen LogP contribution >= 0.6 is 44.2 Å². The molecule has 0 radical (unpaired) electrons. The molecule has 0 aliphatic heterocycles. The summed E-state index contributed by atoms with van der Waals surface area (Å²) in [5.41, 5.74) is 2.97. The number of hydrogen-bond donors (Lipinski definition) is 1. The quantitative estimate of drug-likeness (QED) is 0.502. The molecule has 0 atom stereocenters. The Bertz CT molecular complexity index is 649. The van der Waals surface area contributed by atoms with Crippen LogP contribution in [0.5, 0.6) is 0 Å². The van der Waals surface area contributed by atoms with E-state index in [1.807, 2.05) is 26.0 Å². The lowest BCUT2D eigenvalue weighted by Gasteiger charge is -2.08. The van der Waals surface area contributed by atoms with Crippen molar-refractivity contribution in [2.45, 2.75) is 28.3 Å². The number of thioether (sulfide) groups is 1. The fraction of sp³-hybridized carbons (Fsp3) is 0.250. The van der Waals surface area contributed by atoms with Crippen molar-refractivity contribution < 1.29 is 9.36 Å². The van der Waals surface area contributed by atoms with Gasteiger partial charge in [0.25, 0.3) is 5.52 Å². The first-order valence-corrected chi connectivity index (χ1v) is 8.70. The second-order valence-corrected chi connectivity index (χ2v) is 7.66. The summed E-state index contributed by atoms with van der Waals surface area (Å²) in [4.78, 5) is 11.6. The van der Waals surface area contributed by atoms with Crippen LogP contribution in [-0.2, 0) is 10.3 Å². The fourth-order valence-electron chi connectivity index (χ4n) is 1.93. The number of aryl methyl sites for hydroxylation is 2. The molecule has 4 nitrogen and oxygen atoms in total. The molecule has 1 aromatic carbocycles. The van der Waals surface area contributed by atoms with Crippen molar-refractivity contribution in [1.82, 2.24) is 10.2 Å². The van der Waals surface area contributed by atoms with Crippen molar-refractivity contribution in [3.8, 4) is 0 Å². The van der Waals surface area contributed by atoms with Gasteiger partial charge in [0.2, 0.25) is 8.46 Å². The fourth-order valence-corrected chi connectivity index (χ4v) is 4.38. The van der Waals surface area contributed by atoms with Crippen LogP contribution in [0.1, 0.15) is 27.0 Å². The van der Waals surface area contributed by atoms with Gasteiger partial charge in [-0.2, -0.15) is 0 Å². The Morgan fingerprint density at radius 2 is 2.00 bits per heavy atom. The van der Waals surface area contributed by atoms with E-state index in [4.69, 9.17) is 0 Å². The van der Waals surface area contributed by atoms with Gasteiger partial charge >= 0.3 is 0 Å². The topological polar surface area (TPSA) is 59.9 Å². The van der Waals surface area contributed by atoms with Crippen molar-refractivity contribution in [3.63, 3.8) is 0 Å². The number of thiol groups is 1. The summed E-state index contributed by atoms with van der Waals surface area (Å²) in [6.45, 7) is 3.71. The minimum Gasteiger partial charge on any atom is -0.280 e. The molecule has 1 aromatic heterocycles. The summed E-state index contributed by atoms with van der Waals surface area (Å²) < 4.78 is 12.2. The number of carbonyl (C=O) groups excluding carboxylic acids is 1. The van der Waals surface area contributed by atoms with Gasteiger partial charge in [-0.1, -0.05) is 35.2 Å². The van der Waals surface area contributed by atoms with Gasteiger partial charge in [-0.15, -0.1) is 22.8 Å². The maximum Gasteiger partial charge on any atom is 0.253 e. The van der Waals surface area contributed by atoms with Crippen LogP contribution in [0.15, 0.2) is 20.8 Å². The molecule has 0 amide bonds. The number of hydrogen-bond acceptors (Lipinski definition) is 7. The van der Waals surface area contributed by atoms with Gasteiger partial charge < -0.3 is 0 Å². The first-order valence-electron chi connectivity index (χ1n) is 5.64. The van der Waals surface area contributed by atoms with Crippen LogP contribution < -0.4 is 0 Å². The molecule has 0 fully saturated rings. The van der Waals surface area contributed by atoms with E-state index in [2.05, 4.69) is 22.8 Å². The van der Waals surface area contributed by atoms with E-state index in [0.717, 1.165) is 26.8 Å². The zero-order chi connectivity index (χ0) is 14.7. The predicted molar refractivity (Wildman–Crippen MR) is 84.6 cm³/mol. The summed E-state index contributed by atoms with van der Waals surface area (Å²) in [7, 11) is -0.467. The van der Waals surface area contributed by atoms with E-state index < -0.39 is 8.46 Å². The van der Waals surface area contributed by atoms with Gasteiger partial charge in [0.15, 0.2) is 8.68 Å². The molecule has 104 valence electrons. The summed E-state index contributed by atoms with van der Waals surface area (Å²) in [5.74, 6) is 0.744. The molecule has 0 unspecified atom stereocenters. The smallest absolute Gasteiger partial charge is 0.253 e. The average Bonchev–Trinajstić information content (AvgIpc) is 2.81. The lowest BCUT2D eigenvalue weighted by molar-refractivity contribution is 0.108. The first kappa shape index (κ1) is 15.6. The van der Waals surface area contributed by atoms with Crippen LogP contribution in [0.2, 0.25) is 0 Å². The third-order valence-corrected chi connectivity index (χ3v) is 5.33. The highest BCUT2D eigenvalue weighted by Crippen LogP contribution is 2.29. The number of benzene rings is 1. The van der Waals surface area contributed by atoms with Crippen molar-refractivity contribution in [2.75, 3.05) is 0 Å². The maximum atomic E-state index is 11.6. The molecule has 1 heterocycles. The minimum atomic E-state index is -0.467. The Morgan fingerprint density at radius 3 is 2.50 bits per heavy atom. The molecule has 0 N–H and O–H groups in total. The van der Waals surface area contributed by atoms with Crippen LogP contribution in [0, 0.1) is 13.8 Å². The van der Waals surface area contributed by atoms with Crippen LogP contribution in [0.25, 0.3) is 0 Å². The first-order chi connectivity index (χ1) is 9.51. The van der Waals surface area contributed by atoms with Gasteiger partial charge in [-0.25, -0.2) is 0 Å². The minimum absolute atomic E-state index is 0.372. The van der Waals surface area contributed by atoms with E-state index in [1.54, 1.807) is 11.8 Å². The van der Waals surface area contributed by atoms with Crippen molar-refractivity contribution in [1.29, 1.82) is 0 Å². The Labute approximate surface area is 132 Å². The molecule has 0 spiro atoms. The van der Waals surface area contributed by atoms with Gasteiger partial charge in [0, 0.05) is 11.3 Å². The highest BCUT2D eigenvalue weighted by Gasteiger charge is 2.13. The van der Waals surface area contributed by atoms with Crippen molar-refractivity contribution >= 4 is 49.7 Å². The van der Waals surface area contributed by atoms with E-state index >= 15 is 0 Å². The Balaban J connectivity index is 2.18. The molecule has 8 heteroatoms. The molecule has 0 saturated heterocycles. The van der Waals surface area contributed by atoms with Gasteiger partial charge in [-0.05, 0) is 30.5 Å². The maximum absolute atomic E-state index is 11.6. The average molecular weight is 342 g/mol. The zero-order valence-corrected chi connectivity index (χ0v) is 14.2. The lowest BCUT2D eigenvalue weighted by Crippen LogP contribution is -1.99. The SMILES string of the molecule is Cc1cc(CSc2nnc(S)s2)cc(C)c1C(=O)P=O. The predicted octanol–water partition coefficient (Wildman–Crippen LogP) is 4.17. The molecule has 0 bridgehead atoms. The van der Waals surface area contributed by atoms with Gasteiger partial charge in [-0.3, -0.25) is 9.36 Å². The summed E-state index contributed by atoms with van der Waals surface area (Å²) in [5, 5.41) is 7.84. The molecule has 2 aromatic rings. The van der Waals surface area contributed by atoms with Crippen LogP contribution in [-0.4, -0.2) is 15.7 Å². The third-order valence-electron chi connectivity index (χ3n) is 2.65. The number of aromatic nitrogens is 2. The van der Waals surface area contributed by atoms with Crippen LogP contribution in [0.3, 0.4) is 0 Å². The molecular weight excluding hydrogens is 331 g/mol. The van der Waals surface area contributed by atoms with Gasteiger partial charge in [0.05, 0.1) is 0 Å². The highest BCUT2D eigenvalue weighted by atomic mass is 32.2. The zero-order valence-electron chi connectivity index (χ0n) is 10.8. The third kappa shape index (κ3) is 3.67. The molecular formula is C12H11N2O2PS3. The molecule has 0 aliphatic carbocycles. The second kappa shape index (κ2) is 6.80. The number of rotatable bonds is 5. The summed E-state index contributed by atoms with van der Waals surface area (Å²) in [6, 6.07) is 3.89. The monoisotopic (exact) mass is 342 g/mol. The van der Waals surface area contributed by atoms with Gasteiger partial charge in [0.1, 0.15) is 0 Å². The number of carbonyl (C=O) groups is 1. The highest BCUT2D eigenvalue weighted by molar-refractivity contribution is 8.00. The Hall–Kier alpha value is -0.750. The molecule has 2 rings (SSSR count). The number of nitrogens with zero attached hydrogens (tertiary/aromatic N) is 2. The standard InChI is InChI=1S/C12H11N2O2PS3/c1-6-3-8(4-7(2)9(6)10(15)17-16)5-19-12-14-13-11(18)20-12/h3-4H,5H2,1-2H3,(H,13,18). The Morgan fingerprint density at radius 1 is 1.35 bits per heavy atom. The normalized spacial score (nSPS) is 10.9. The lowest BCUT2D eigenvalue weighted by atomic mass is 10.0. The Kier molecular flexibility index (Phi) is 5.32.